The van der Waals surface area contributed by atoms with Crippen LogP contribution < -0.4 is 5.32 Å². The number of carbonyl (C=O) groups excluding carboxylic acids is 1. The van der Waals surface area contributed by atoms with Crippen LogP contribution in [0, 0.1) is 5.82 Å². The van der Waals surface area contributed by atoms with Crippen LogP contribution >= 0.6 is 22.9 Å². The number of carboxylic acid groups (broad SMARTS) is 1. The van der Waals surface area contributed by atoms with Crippen LogP contribution in [-0.2, 0) is 0 Å². The van der Waals surface area contributed by atoms with Crippen molar-refractivity contribution in [1.29, 1.82) is 0 Å². The Morgan fingerprint density at radius 2 is 2.00 bits per heavy atom. The molecule has 0 aliphatic carbocycles. The van der Waals surface area contributed by atoms with Crippen molar-refractivity contribution in [2.45, 2.75) is 0 Å². The molecule has 0 radical (unpaired) electrons. The summed E-state index contributed by atoms with van der Waals surface area (Å²) < 4.78 is 13.5. The van der Waals surface area contributed by atoms with Crippen LogP contribution in [-0.4, -0.2) is 17.0 Å². The van der Waals surface area contributed by atoms with Gasteiger partial charge in [0.05, 0.1) is 11.1 Å². The molecule has 2 N–H and O–H groups in total. The molecule has 2 aromatic rings. The number of hydrogen-bond acceptors (Lipinski definition) is 3. The van der Waals surface area contributed by atoms with Crippen LogP contribution in [0.2, 0.25) is 5.02 Å². The smallest absolute Gasteiger partial charge is 0.338 e. The van der Waals surface area contributed by atoms with Gasteiger partial charge in [0.1, 0.15) is 10.8 Å². The molecule has 0 unspecified atom stereocenters. The molecule has 1 amide bonds. The Morgan fingerprint density at radius 3 is 2.68 bits per heavy atom. The van der Waals surface area contributed by atoms with E-state index in [4.69, 9.17) is 16.7 Å². The van der Waals surface area contributed by atoms with E-state index in [1.807, 2.05) is 0 Å². The van der Waals surface area contributed by atoms with E-state index in [9.17, 15) is 14.0 Å². The SMILES string of the molecule is O=C(Nc1sccc1C(=O)O)c1cc(Cl)ccc1F. The van der Waals surface area contributed by atoms with Gasteiger partial charge < -0.3 is 10.4 Å². The quantitative estimate of drug-likeness (QED) is 0.911. The molecule has 4 nitrogen and oxygen atoms in total. The summed E-state index contributed by atoms with van der Waals surface area (Å²) in [6.45, 7) is 0. The van der Waals surface area contributed by atoms with E-state index >= 15 is 0 Å². The van der Waals surface area contributed by atoms with E-state index < -0.39 is 17.7 Å². The van der Waals surface area contributed by atoms with Crippen molar-refractivity contribution < 1.29 is 19.1 Å². The Hall–Kier alpha value is -1.92. The summed E-state index contributed by atoms with van der Waals surface area (Å²) in [4.78, 5) is 22.7. The molecule has 0 aliphatic rings. The van der Waals surface area contributed by atoms with E-state index in [0.717, 1.165) is 17.4 Å². The summed E-state index contributed by atoms with van der Waals surface area (Å²) in [6, 6.07) is 4.93. The van der Waals surface area contributed by atoms with E-state index in [1.54, 1.807) is 0 Å². The summed E-state index contributed by atoms with van der Waals surface area (Å²) in [5.41, 5.74) is -0.280. The third-order valence-electron chi connectivity index (χ3n) is 2.30. The fourth-order valence-corrected chi connectivity index (χ4v) is 2.36. The molecule has 0 spiro atoms. The zero-order chi connectivity index (χ0) is 14.0. The van der Waals surface area contributed by atoms with Crippen LogP contribution in [0.4, 0.5) is 9.39 Å². The van der Waals surface area contributed by atoms with Crippen LogP contribution in [0.15, 0.2) is 29.6 Å². The van der Waals surface area contributed by atoms with Crippen LogP contribution in [0.1, 0.15) is 20.7 Å². The van der Waals surface area contributed by atoms with Gasteiger partial charge in [0.15, 0.2) is 0 Å². The summed E-state index contributed by atoms with van der Waals surface area (Å²) >= 11 is 6.73. The van der Waals surface area contributed by atoms with E-state index in [2.05, 4.69) is 5.32 Å². The summed E-state index contributed by atoms with van der Waals surface area (Å²) in [5.74, 6) is -2.64. The Labute approximate surface area is 116 Å². The third-order valence-corrected chi connectivity index (χ3v) is 3.36. The largest absolute Gasteiger partial charge is 0.478 e. The molecule has 98 valence electrons. The second kappa shape index (κ2) is 5.38. The normalized spacial score (nSPS) is 10.2. The van der Waals surface area contributed by atoms with Crippen LogP contribution in [0.3, 0.4) is 0 Å². The number of nitrogens with one attached hydrogen (secondary N) is 1. The molecule has 0 bridgehead atoms. The second-order valence-corrected chi connectivity index (χ2v) is 4.90. The fourth-order valence-electron chi connectivity index (χ4n) is 1.42. The van der Waals surface area contributed by atoms with E-state index in [1.165, 1.54) is 23.6 Å². The van der Waals surface area contributed by atoms with E-state index in [-0.39, 0.29) is 21.2 Å². The first kappa shape index (κ1) is 13.5. The van der Waals surface area contributed by atoms with Gasteiger partial charge in [0.2, 0.25) is 0 Å². The number of thiophene rings is 1. The van der Waals surface area contributed by atoms with Gasteiger partial charge in [0.25, 0.3) is 5.91 Å². The monoisotopic (exact) mass is 299 g/mol. The van der Waals surface area contributed by atoms with Gasteiger partial charge in [0, 0.05) is 5.02 Å². The predicted octanol–water partition coefficient (Wildman–Crippen LogP) is 3.49. The molecule has 0 aliphatic heterocycles. The maximum absolute atomic E-state index is 13.5. The molecule has 7 heteroatoms. The number of anilines is 1. The molecular formula is C12H7ClFNO3S. The second-order valence-electron chi connectivity index (χ2n) is 3.55. The average molecular weight is 300 g/mol. The molecule has 1 aromatic carbocycles. The lowest BCUT2D eigenvalue weighted by Crippen LogP contribution is -2.14. The van der Waals surface area contributed by atoms with Gasteiger partial charge in [-0.15, -0.1) is 11.3 Å². The molecule has 0 fully saturated rings. The lowest BCUT2D eigenvalue weighted by Gasteiger charge is -2.05. The predicted molar refractivity (Wildman–Crippen MR) is 70.6 cm³/mol. The molecule has 0 atom stereocenters. The van der Waals surface area contributed by atoms with Crippen molar-refractivity contribution in [2.75, 3.05) is 5.32 Å². The Morgan fingerprint density at radius 1 is 1.26 bits per heavy atom. The van der Waals surface area contributed by atoms with Gasteiger partial charge >= 0.3 is 5.97 Å². The van der Waals surface area contributed by atoms with Gasteiger partial charge in [-0.3, -0.25) is 4.79 Å². The highest BCUT2D eigenvalue weighted by Crippen LogP contribution is 2.24. The zero-order valence-corrected chi connectivity index (χ0v) is 10.9. The van der Waals surface area contributed by atoms with Crippen molar-refractivity contribution in [3.8, 4) is 0 Å². The summed E-state index contributed by atoms with van der Waals surface area (Å²) in [5, 5.41) is 13.1. The van der Waals surface area contributed by atoms with Crippen molar-refractivity contribution >= 4 is 39.8 Å². The lowest BCUT2D eigenvalue weighted by molar-refractivity contribution is 0.0698. The van der Waals surface area contributed by atoms with Crippen molar-refractivity contribution in [3.63, 3.8) is 0 Å². The van der Waals surface area contributed by atoms with Crippen molar-refractivity contribution in [2.24, 2.45) is 0 Å². The zero-order valence-electron chi connectivity index (χ0n) is 9.31. The number of halogens is 2. The van der Waals surface area contributed by atoms with Crippen LogP contribution in [0.5, 0.6) is 0 Å². The van der Waals surface area contributed by atoms with Gasteiger partial charge in [-0.05, 0) is 29.6 Å². The van der Waals surface area contributed by atoms with Crippen molar-refractivity contribution in [1.82, 2.24) is 0 Å². The Kier molecular flexibility index (Phi) is 3.82. The molecule has 19 heavy (non-hydrogen) atoms. The average Bonchev–Trinajstić information content (AvgIpc) is 2.80. The highest BCUT2D eigenvalue weighted by molar-refractivity contribution is 7.14. The maximum Gasteiger partial charge on any atom is 0.338 e. The number of aromatic carboxylic acids is 1. The van der Waals surface area contributed by atoms with Gasteiger partial charge in [-0.25, -0.2) is 9.18 Å². The minimum Gasteiger partial charge on any atom is -0.478 e. The fraction of sp³-hybridized carbons (Fsp3) is 0. The number of benzene rings is 1. The lowest BCUT2D eigenvalue weighted by atomic mass is 10.2. The number of rotatable bonds is 3. The minimum absolute atomic E-state index is 0.0409. The molecule has 1 aromatic heterocycles. The molecule has 0 saturated carbocycles. The minimum atomic E-state index is -1.16. The Balaban J connectivity index is 2.28. The molecular weight excluding hydrogens is 293 g/mol. The number of carboxylic acids is 1. The van der Waals surface area contributed by atoms with E-state index in [0.29, 0.717) is 0 Å². The third kappa shape index (κ3) is 2.91. The first-order valence-corrected chi connectivity index (χ1v) is 6.32. The topological polar surface area (TPSA) is 66.4 Å². The number of amides is 1. The van der Waals surface area contributed by atoms with Gasteiger partial charge in [-0.2, -0.15) is 0 Å². The maximum atomic E-state index is 13.5. The molecule has 2 rings (SSSR count). The standard InChI is InChI=1S/C12H7ClFNO3S/c13-6-1-2-9(14)8(5-6)10(16)15-11-7(12(17)18)3-4-19-11/h1-5H,(H,15,16)(H,17,18). The van der Waals surface area contributed by atoms with Gasteiger partial charge in [-0.1, -0.05) is 11.6 Å². The first-order chi connectivity index (χ1) is 8.99. The summed E-state index contributed by atoms with van der Waals surface area (Å²) in [7, 11) is 0. The number of carbonyl (C=O) groups is 2. The number of hydrogen-bond donors (Lipinski definition) is 2. The first-order valence-electron chi connectivity index (χ1n) is 5.06. The Bertz CT molecular complexity index is 656. The molecule has 0 saturated heterocycles. The van der Waals surface area contributed by atoms with Crippen LogP contribution in [0.25, 0.3) is 0 Å². The highest BCUT2D eigenvalue weighted by atomic mass is 35.5. The summed E-state index contributed by atoms with van der Waals surface area (Å²) in [6.07, 6.45) is 0. The van der Waals surface area contributed by atoms with Crippen molar-refractivity contribution in [3.05, 3.63) is 51.6 Å². The molecule has 1 heterocycles. The highest BCUT2D eigenvalue weighted by Gasteiger charge is 2.17.